The number of imidazole rings is 1. The molecule has 1 aromatic heterocycles. The molecule has 3 aromatic carbocycles. The number of esters is 3. The van der Waals surface area contributed by atoms with Gasteiger partial charge in [0.05, 0.1) is 41.2 Å². The number of nitrogens with zero attached hydrogens (tertiary/aromatic N) is 3. The van der Waals surface area contributed by atoms with Gasteiger partial charge in [0.2, 0.25) is 0 Å². The van der Waals surface area contributed by atoms with Crippen molar-refractivity contribution in [1.29, 1.82) is 5.26 Å². The van der Waals surface area contributed by atoms with E-state index in [2.05, 4.69) is 4.98 Å². The van der Waals surface area contributed by atoms with Crippen LogP contribution in [0.25, 0.3) is 0 Å². The van der Waals surface area contributed by atoms with E-state index < -0.39 is 60.7 Å². The number of aromatic carboxylic acids is 1. The highest BCUT2D eigenvalue weighted by atomic mass is 16.7. The Labute approximate surface area is 251 Å². The van der Waals surface area contributed by atoms with Gasteiger partial charge in [0.25, 0.3) is 0 Å². The number of hydrogen-bond donors (Lipinski definition) is 1. The van der Waals surface area contributed by atoms with Crippen LogP contribution in [-0.4, -0.2) is 63.5 Å². The summed E-state index contributed by atoms with van der Waals surface area (Å²) in [6.07, 6.45) is -4.46. The molecule has 12 nitrogen and oxygen atoms in total. The number of carboxylic acid groups (broad SMARTS) is 1. The highest BCUT2D eigenvalue weighted by Crippen LogP contribution is 2.36. The third-order valence-electron chi connectivity index (χ3n) is 6.80. The lowest BCUT2D eigenvalue weighted by Gasteiger charge is -2.25. The predicted molar refractivity (Wildman–Crippen MR) is 150 cm³/mol. The monoisotopic (exact) mass is 595 g/mol. The molecule has 44 heavy (non-hydrogen) atoms. The van der Waals surface area contributed by atoms with E-state index in [1.54, 1.807) is 66.7 Å². The molecule has 0 aliphatic carbocycles. The van der Waals surface area contributed by atoms with E-state index in [1.165, 1.54) is 28.8 Å². The van der Waals surface area contributed by atoms with E-state index in [-0.39, 0.29) is 28.8 Å². The van der Waals surface area contributed by atoms with Crippen molar-refractivity contribution in [2.24, 2.45) is 0 Å². The first kappa shape index (κ1) is 29.7. The molecule has 2 heterocycles. The molecule has 1 fully saturated rings. The van der Waals surface area contributed by atoms with Crippen molar-refractivity contribution in [3.8, 4) is 6.07 Å². The third kappa shape index (κ3) is 6.48. The van der Waals surface area contributed by atoms with Crippen molar-refractivity contribution in [2.75, 3.05) is 6.61 Å². The summed E-state index contributed by atoms with van der Waals surface area (Å²) in [6, 6.07) is 26.2. The number of benzene rings is 3. The molecule has 4 atom stereocenters. The number of carbonyl (C=O) groups is 4. The Bertz CT molecular complexity index is 1680. The zero-order chi connectivity index (χ0) is 31.1. The van der Waals surface area contributed by atoms with Crippen LogP contribution < -0.4 is 0 Å². The molecule has 4 aromatic rings. The van der Waals surface area contributed by atoms with Crippen LogP contribution in [0, 0.1) is 11.3 Å². The molecule has 1 aliphatic heterocycles. The minimum Gasteiger partial charge on any atom is -0.476 e. The predicted octanol–water partition coefficient (Wildman–Crippen LogP) is 3.85. The molecule has 0 radical (unpaired) electrons. The van der Waals surface area contributed by atoms with Gasteiger partial charge in [-0.25, -0.2) is 24.2 Å². The van der Waals surface area contributed by atoms with Gasteiger partial charge in [-0.1, -0.05) is 54.6 Å². The average molecular weight is 596 g/mol. The molecular weight excluding hydrogens is 570 g/mol. The summed E-state index contributed by atoms with van der Waals surface area (Å²) in [4.78, 5) is 55.1. The number of nitriles is 1. The molecule has 0 saturated carbocycles. The molecular formula is C32H25N3O9. The van der Waals surface area contributed by atoms with Gasteiger partial charge in [-0.3, -0.25) is 0 Å². The fraction of sp³-hybridized carbons (Fsp3) is 0.188. The first-order valence-corrected chi connectivity index (χ1v) is 13.4. The highest BCUT2D eigenvalue weighted by Gasteiger charge is 2.52. The summed E-state index contributed by atoms with van der Waals surface area (Å²) in [6.45, 7) is -0.426. The maximum Gasteiger partial charge on any atom is 0.356 e. The molecule has 0 amide bonds. The minimum absolute atomic E-state index is 0.0270. The number of carboxylic acids is 1. The molecule has 0 spiro atoms. The molecule has 1 aliphatic rings. The number of hydrogen-bond acceptors (Lipinski definition) is 10. The molecule has 0 bridgehead atoms. The van der Waals surface area contributed by atoms with E-state index in [1.807, 2.05) is 6.07 Å². The smallest absolute Gasteiger partial charge is 0.356 e. The van der Waals surface area contributed by atoms with Gasteiger partial charge in [-0.2, -0.15) is 5.26 Å². The molecule has 1 unspecified atom stereocenters. The quantitative estimate of drug-likeness (QED) is 0.209. The van der Waals surface area contributed by atoms with E-state index in [0.717, 1.165) is 6.33 Å². The molecule has 5 rings (SSSR count). The summed E-state index contributed by atoms with van der Waals surface area (Å²) in [5, 5.41) is 19.1. The second-order valence-corrected chi connectivity index (χ2v) is 9.59. The topological polar surface area (TPSA) is 167 Å². The van der Waals surface area contributed by atoms with Crippen molar-refractivity contribution in [2.45, 2.75) is 31.0 Å². The van der Waals surface area contributed by atoms with Gasteiger partial charge in [0.15, 0.2) is 24.1 Å². The van der Waals surface area contributed by atoms with Gasteiger partial charge >= 0.3 is 23.9 Å². The third-order valence-corrected chi connectivity index (χ3v) is 6.80. The van der Waals surface area contributed by atoms with Gasteiger partial charge in [-0.15, -0.1) is 0 Å². The van der Waals surface area contributed by atoms with E-state index in [0.29, 0.717) is 0 Å². The summed E-state index contributed by atoms with van der Waals surface area (Å²) < 4.78 is 24.7. The van der Waals surface area contributed by atoms with E-state index in [9.17, 15) is 29.5 Å². The Balaban J connectivity index is 1.53. The fourth-order valence-corrected chi connectivity index (χ4v) is 4.72. The van der Waals surface area contributed by atoms with Crippen LogP contribution >= 0.6 is 0 Å². The van der Waals surface area contributed by atoms with Crippen LogP contribution in [0.5, 0.6) is 0 Å². The number of carbonyl (C=O) groups excluding carboxylic acids is 3. The Morgan fingerprint density at radius 2 is 1.30 bits per heavy atom. The Morgan fingerprint density at radius 1 is 0.795 bits per heavy atom. The van der Waals surface area contributed by atoms with Crippen molar-refractivity contribution in [3.05, 3.63) is 125 Å². The van der Waals surface area contributed by atoms with Crippen LogP contribution in [0.1, 0.15) is 53.5 Å². The highest BCUT2D eigenvalue weighted by molar-refractivity contribution is 5.91. The fourth-order valence-electron chi connectivity index (χ4n) is 4.72. The summed E-state index contributed by atoms with van der Waals surface area (Å²) in [7, 11) is 0. The lowest BCUT2D eigenvalue weighted by Crippen LogP contribution is -2.41. The van der Waals surface area contributed by atoms with Crippen LogP contribution in [0.15, 0.2) is 97.3 Å². The maximum absolute atomic E-state index is 13.3. The summed E-state index contributed by atoms with van der Waals surface area (Å²) in [5.74, 6) is -3.61. The van der Waals surface area contributed by atoms with Crippen LogP contribution in [0.4, 0.5) is 0 Å². The minimum atomic E-state index is -1.39. The standard InChI is InChI=1S/C32H25N3O9/c33-17-16-23-25(29(36)37)34-19-35(23)28-27(44-32(40)22-14-8-3-9-15-22)26(43-31(39)21-12-6-2-7-13-21)24(42-28)18-41-30(38)20-10-4-1-5-11-20/h1-15,19,24,26-28H,16,18H2,(H,36,37)/t24-,26-,27-,28?/m0/s1. The van der Waals surface area contributed by atoms with Crippen molar-refractivity contribution in [3.63, 3.8) is 0 Å². The van der Waals surface area contributed by atoms with Gasteiger partial charge in [0.1, 0.15) is 12.7 Å². The molecule has 12 heteroatoms. The number of aromatic nitrogens is 2. The van der Waals surface area contributed by atoms with Gasteiger partial charge in [-0.05, 0) is 36.4 Å². The van der Waals surface area contributed by atoms with Gasteiger partial charge < -0.3 is 28.6 Å². The first-order chi connectivity index (χ1) is 21.4. The van der Waals surface area contributed by atoms with Gasteiger partial charge in [0, 0.05) is 0 Å². The number of ether oxygens (including phenoxy) is 4. The van der Waals surface area contributed by atoms with Crippen molar-refractivity contribution >= 4 is 23.9 Å². The SMILES string of the molecule is N#CCc1c(C(=O)O)ncn1C1O[C@@H](COC(=O)c2ccccc2)[C@H](OC(=O)c2ccccc2)[C@@H]1OC(=O)c1ccccc1. The second kappa shape index (κ2) is 13.5. The summed E-state index contributed by atoms with van der Waals surface area (Å²) >= 11 is 0. The Kier molecular flexibility index (Phi) is 9.07. The van der Waals surface area contributed by atoms with E-state index >= 15 is 0 Å². The Hall–Kier alpha value is -5.80. The molecule has 1 saturated heterocycles. The lowest BCUT2D eigenvalue weighted by molar-refractivity contribution is -0.0629. The maximum atomic E-state index is 13.3. The second-order valence-electron chi connectivity index (χ2n) is 9.59. The summed E-state index contributed by atoms with van der Waals surface area (Å²) in [5.41, 5.74) is 0.224. The number of rotatable bonds is 10. The normalized spacial score (nSPS) is 19.0. The first-order valence-electron chi connectivity index (χ1n) is 13.4. The Morgan fingerprint density at radius 3 is 1.80 bits per heavy atom. The van der Waals surface area contributed by atoms with Crippen LogP contribution in [0.2, 0.25) is 0 Å². The van der Waals surface area contributed by atoms with Crippen LogP contribution in [0.3, 0.4) is 0 Å². The van der Waals surface area contributed by atoms with Crippen LogP contribution in [-0.2, 0) is 25.4 Å². The van der Waals surface area contributed by atoms with Crippen molar-refractivity contribution in [1.82, 2.24) is 9.55 Å². The van der Waals surface area contributed by atoms with Crippen molar-refractivity contribution < 1.29 is 43.2 Å². The zero-order valence-corrected chi connectivity index (χ0v) is 23.0. The lowest BCUT2D eigenvalue weighted by atomic mass is 10.1. The largest absolute Gasteiger partial charge is 0.476 e. The molecule has 222 valence electrons. The average Bonchev–Trinajstić information content (AvgIpc) is 3.62. The molecule has 1 N–H and O–H groups in total. The zero-order valence-electron chi connectivity index (χ0n) is 23.0. The van der Waals surface area contributed by atoms with E-state index in [4.69, 9.17) is 18.9 Å².